The zero-order chi connectivity index (χ0) is 19.4. The van der Waals surface area contributed by atoms with Crippen molar-refractivity contribution in [2.45, 2.75) is 51.4 Å². The molecular weight excluding hydrogens is 342 g/mol. The number of benzene rings is 2. The van der Waals surface area contributed by atoms with Crippen molar-refractivity contribution in [1.82, 2.24) is 5.32 Å². The summed E-state index contributed by atoms with van der Waals surface area (Å²) >= 11 is 0. The maximum absolute atomic E-state index is 12.9. The maximum Gasteiger partial charge on any atom is 0.261 e. The predicted octanol–water partition coefficient (Wildman–Crippen LogP) is 4.27. The largest absolute Gasteiger partial charge is 0.497 e. The highest BCUT2D eigenvalue weighted by molar-refractivity contribution is 5.81. The first-order valence-electron chi connectivity index (χ1n) is 9.31. The van der Waals surface area contributed by atoms with E-state index in [1.54, 1.807) is 7.11 Å². The highest BCUT2D eigenvalue weighted by Crippen LogP contribution is 2.41. The molecule has 0 radical (unpaired) electrons. The highest BCUT2D eigenvalue weighted by Gasteiger charge is 2.36. The van der Waals surface area contributed by atoms with Crippen molar-refractivity contribution in [3.63, 3.8) is 0 Å². The Balaban J connectivity index is 1.80. The Morgan fingerprint density at radius 3 is 2.63 bits per heavy atom. The monoisotopic (exact) mass is 369 g/mol. The molecule has 0 bridgehead atoms. The van der Waals surface area contributed by atoms with Crippen molar-refractivity contribution in [2.75, 3.05) is 7.11 Å². The van der Waals surface area contributed by atoms with Crippen LogP contribution in [0.25, 0.3) is 0 Å². The summed E-state index contributed by atoms with van der Waals surface area (Å²) in [4.78, 5) is 12.9. The normalized spacial score (nSPS) is 18.6. The van der Waals surface area contributed by atoms with Crippen LogP contribution < -0.4 is 19.5 Å². The van der Waals surface area contributed by atoms with Crippen LogP contribution in [0.1, 0.15) is 45.2 Å². The Labute approximate surface area is 160 Å². The smallest absolute Gasteiger partial charge is 0.261 e. The molecule has 0 aliphatic carbocycles. The van der Waals surface area contributed by atoms with Gasteiger partial charge in [-0.15, -0.1) is 0 Å². The summed E-state index contributed by atoms with van der Waals surface area (Å²) in [5.74, 6) is 2.07. The zero-order valence-corrected chi connectivity index (χ0v) is 16.3. The second-order valence-electron chi connectivity index (χ2n) is 7.36. The molecule has 1 heterocycles. The van der Waals surface area contributed by atoms with Crippen molar-refractivity contribution in [3.8, 4) is 17.2 Å². The predicted molar refractivity (Wildman–Crippen MR) is 104 cm³/mol. The lowest BCUT2D eigenvalue weighted by Gasteiger charge is -2.38. The van der Waals surface area contributed by atoms with Crippen LogP contribution in [0, 0.1) is 0 Å². The Morgan fingerprint density at radius 1 is 1.22 bits per heavy atom. The van der Waals surface area contributed by atoms with Gasteiger partial charge in [0.15, 0.2) is 6.10 Å². The number of nitrogens with one attached hydrogen (secondary N) is 1. The maximum atomic E-state index is 12.9. The Morgan fingerprint density at radius 2 is 1.96 bits per heavy atom. The SMILES string of the molecule is CC[C@@H](Oc1ccccc1)C(=O)N[C@@H]1CC(C)(C)Oc2ccc(OC)cc21. The van der Waals surface area contributed by atoms with E-state index in [-0.39, 0.29) is 17.6 Å². The molecular formula is C22H27NO4. The molecule has 0 saturated heterocycles. The molecule has 0 unspecified atom stereocenters. The third-order valence-corrected chi connectivity index (χ3v) is 4.68. The molecule has 0 saturated carbocycles. The van der Waals surface area contributed by atoms with E-state index in [1.807, 2.05) is 69.3 Å². The summed E-state index contributed by atoms with van der Waals surface area (Å²) < 4.78 is 17.3. The number of para-hydroxylation sites is 1. The molecule has 1 amide bonds. The average Bonchev–Trinajstić information content (AvgIpc) is 2.65. The number of carbonyl (C=O) groups is 1. The van der Waals surface area contributed by atoms with E-state index in [9.17, 15) is 4.79 Å². The van der Waals surface area contributed by atoms with Gasteiger partial charge < -0.3 is 19.5 Å². The van der Waals surface area contributed by atoms with Crippen LogP contribution in [0.3, 0.4) is 0 Å². The Bertz CT molecular complexity index is 788. The molecule has 1 N–H and O–H groups in total. The van der Waals surface area contributed by atoms with Crippen molar-refractivity contribution in [1.29, 1.82) is 0 Å². The van der Waals surface area contributed by atoms with Gasteiger partial charge in [-0.3, -0.25) is 4.79 Å². The molecule has 0 fully saturated rings. The van der Waals surface area contributed by atoms with Crippen molar-refractivity contribution in [2.24, 2.45) is 0 Å². The van der Waals surface area contributed by atoms with Gasteiger partial charge >= 0.3 is 0 Å². The van der Waals surface area contributed by atoms with Gasteiger partial charge in [-0.2, -0.15) is 0 Å². The lowest BCUT2D eigenvalue weighted by molar-refractivity contribution is -0.129. The van der Waals surface area contributed by atoms with Gasteiger partial charge in [0.2, 0.25) is 0 Å². The van der Waals surface area contributed by atoms with E-state index in [1.165, 1.54) is 0 Å². The minimum atomic E-state index is -0.549. The number of fused-ring (bicyclic) bond motifs is 1. The minimum Gasteiger partial charge on any atom is -0.497 e. The molecule has 2 aromatic rings. The minimum absolute atomic E-state index is 0.127. The summed E-state index contributed by atoms with van der Waals surface area (Å²) in [5.41, 5.74) is 0.554. The van der Waals surface area contributed by atoms with Crippen LogP contribution >= 0.6 is 0 Å². The number of rotatable bonds is 6. The van der Waals surface area contributed by atoms with Crippen LogP contribution in [0.15, 0.2) is 48.5 Å². The van der Waals surface area contributed by atoms with Crippen molar-refractivity contribution < 1.29 is 19.0 Å². The third kappa shape index (κ3) is 4.54. The third-order valence-electron chi connectivity index (χ3n) is 4.68. The van der Waals surface area contributed by atoms with Gasteiger partial charge in [0, 0.05) is 12.0 Å². The Kier molecular flexibility index (Phi) is 5.59. The van der Waals surface area contributed by atoms with E-state index >= 15 is 0 Å². The van der Waals surface area contributed by atoms with Crippen LogP contribution in [-0.2, 0) is 4.79 Å². The van der Waals surface area contributed by atoms with Crippen LogP contribution in [0.5, 0.6) is 17.2 Å². The van der Waals surface area contributed by atoms with Crippen molar-refractivity contribution in [3.05, 3.63) is 54.1 Å². The summed E-state index contributed by atoms with van der Waals surface area (Å²) in [6.45, 7) is 5.99. The fourth-order valence-corrected chi connectivity index (χ4v) is 3.34. The first-order valence-corrected chi connectivity index (χ1v) is 9.31. The number of hydrogen-bond donors (Lipinski definition) is 1. The van der Waals surface area contributed by atoms with E-state index in [0.717, 1.165) is 17.1 Å². The second-order valence-corrected chi connectivity index (χ2v) is 7.36. The fraction of sp³-hybridized carbons (Fsp3) is 0.409. The van der Waals surface area contributed by atoms with Crippen LogP contribution in [-0.4, -0.2) is 24.7 Å². The standard InChI is InChI=1S/C22H27NO4/c1-5-19(26-15-9-7-6-8-10-15)21(24)23-18-14-22(2,3)27-20-12-11-16(25-4)13-17(18)20/h6-13,18-19H,5,14H2,1-4H3,(H,23,24)/t18-,19-/m1/s1. The number of amides is 1. The lowest BCUT2D eigenvalue weighted by atomic mass is 9.89. The topological polar surface area (TPSA) is 56.8 Å². The van der Waals surface area contributed by atoms with Gasteiger partial charge in [0.25, 0.3) is 5.91 Å². The fourth-order valence-electron chi connectivity index (χ4n) is 3.34. The van der Waals surface area contributed by atoms with Crippen LogP contribution in [0.2, 0.25) is 0 Å². The van der Waals surface area contributed by atoms with Gasteiger partial charge in [-0.25, -0.2) is 0 Å². The molecule has 1 aliphatic rings. The molecule has 1 aliphatic heterocycles. The number of hydrogen-bond acceptors (Lipinski definition) is 4. The lowest BCUT2D eigenvalue weighted by Crippen LogP contribution is -2.45. The van der Waals surface area contributed by atoms with E-state index in [0.29, 0.717) is 18.6 Å². The molecule has 2 atom stereocenters. The molecule has 5 heteroatoms. The summed E-state index contributed by atoms with van der Waals surface area (Å²) in [7, 11) is 1.63. The molecule has 3 rings (SSSR count). The molecule has 2 aromatic carbocycles. The number of methoxy groups -OCH3 is 1. The molecule has 5 nitrogen and oxygen atoms in total. The Hall–Kier alpha value is -2.69. The number of carbonyl (C=O) groups excluding carboxylic acids is 1. The van der Waals surface area contributed by atoms with E-state index in [4.69, 9.17) is 14.2 Å². The first-order chi connectivity index (χ1) is 12.9. The van der Waals surface area contributed by atoms with E-state index < -0.39 is 6.10 Å². The first kappa shape index (κ1) is 19.1. The van der Waals surface area contributed by atoms with Gasteiger partial charge in [-0.1, -0.05) is 25.1 Å². The highest BCUT2D eigenvalue weighted by atomic mass is 16.5. The van der Waals surface area contributed by atoms with Crippen molar-refractivity contribution >= 4 is 5.91 Å². The molecule has 27 heavy (non-hydrogen) atoms. The summed E-state index contributed by atoms with van der Waals surface area (Å²) in [5, 5.41) is 3.15. The van der Waals surface area contributed by atoms with E-state index in [2.05, 4.69) is 5.32 Å². The molecule has 0 spiro atoms. The number of ether oxygens (including phenoxy) is 3. The van der Waals surface area contributed by atoms with Crippen LogP contribution in [0.4, 0.5) is 0 Å². The quantitative estimate of drug-likeness (QED) is 0.826. The summed E-state index contributed by atoms with van der Waals surface area (Å²) in [6, 6.07) is 14.9. The molecule has 144 valence electrons. The van der Waals surface area contributed by atoms with Gasteiger partial charge in [-0.05, 0) is 50.6 Å². The molecule has 0 aromatic heterocycles. The second kappa shape index (κ2) is 7.91. The van der Waals surface area contributed by atoms with Gasteiger partial charge in [0.1, 0.15) is 22.8 Å². The average molecular weight is 369 g/mol. The van der Waals surface area contributed by atoms with Gasteiger partial charge in [0.05, 0.1) is 13.2 Å². The summed E-state index contributed by atoms with van der Waals surface area (Å²) in [6.07, 6.45) is 0.700. The zero-order valence-electron chi connectivity index (χ0n) is 16.3.